The van der Waals surface area contributed by atoms with Gasteiger partial charge in [-0.2, -0.15) is 0 Å². The zero-order valence-corrected chi connectivity index (χ0v) is 13.8. The number of fused-ring (bicyclic) bond motifs is 1. The van der Waals surface area contributed by atoms with Gasteiger partial charge in [0.25, 0.3) is 0 Å². The number of hydrogen-bond acceptors (Lipinski definition) is 2. The monoisotopic (exact) mass is 361 g/mol. The lowest BCUT2D eigenvalue weighted by Gasteiger charge is -2.11. The SMILES string of the molecule is Cc1cc(Br)ccc1OCc1cc2ccccc2nc1Cl. The largest absolute Gasteiger partial charge is 0.489 e. The van der Waals surface area contributed by atoms with Gasteiger partial charge in [0.15, 0.2) is 0 Å². The van der Waals surface area contributed by atoms with Crippen molar-refractivity contribution in [2.75, 3.05) is 0 Å². The molecule has 0 atom stereocenters. The number of halogens is 2. The molecule has 0 saturated carbocycles. The van der Waals surface area contributed by atoms with Crippen LogP contribution in [-0.2, 0) is 6.61 Å². The minimum absolute atomic E-state index is 0.402. The van der Waals surface area contributed by atoms with E-state index in [1.54, 1.807) is 0 Å². The molecule has 106 valence electrons. The Kier molecular flexibility index (Phi) is 4.13. The summed E-state index contributed by atoms with van der Waals surface area (Å²) in [4.78, 5) is 4.40. The maximum absolute atomic E-state index is 6.24. The third-order valence-corrected chi connectivity index (χ3v) is 4.09. The van der Waals surface area contributed by atoms with Crippen molar-refractivity contribution < 1.29 is 4.74 Å². The van der Waals surface area contributed by atoms with E-state index in [4.69, 9.17) is 16.3 Å². The molecule has 0 radical (unpaired) electrons. The molecular weight excluding hydrogens is 350 g/mol. The quantitative estimate of drug-likeness (QED) is 0.571. The van der Waals surface area contributed by atoms with Gasteiger partial charge in [0.2, 0.25) is 0 Å². The zero-order chi connectivity index (χ0) is 14.8. The Hall–Kier alpha value is -1.58. The molecule has 3 rings (SSSR count). The second-order valence-electron chi connectivity index (χ2n) is 4.83. The molecule has 0 bridgehead atoms. The lowest BCUT2D eigenvalue weighted by atomic mass is 10.1. The highest BCUT2D eigenvalue weighted by Crippen LogP contribution is 2.25. The third-order valence-electron chi connectivity index (χ3n) is 3.27. The number of benzene rings is 2. The van der Waals surface area contributed by atoms with Crippen LogP contribution in [0.25, 0.3) is 10.9 Å². The molecule has 1 aromatic heterocycles. The van der Waals surface area contributed by atoms with Crippen LogP contribution < -0.4 is 4.74 Å². The molecule has 0 saturated heterocycles. The fraction of sp³-hybridized carbons (Fsp3) is 0.118. The van der Waals surface area contributed by atoms with Crippen LogP contribution >= 0.6 is 27.5 Å². The van der Waals surface area contributed by atoms with Gasteiger partial charge in [-0.25, -0.2) is 4.98 Å². The Morgan fingerprint density at radius 2 is 1.95 bits per heavy atom. The van der Waals surface area contributed by atoms with Crippen molar-refractivity contribution in [3.05, 3.63) is 69.3 Å². The van der Waals surface area contributed by atoms with E-state index in [1.807, 2.05) is 55.5 Å². The van der Waals surface area contributed by atoms with Gasteiger partial charge in [0.05, 0.1) is 5.52 Å². The Morgan fingerprint density at radius 1 is 1.14 bits per heavy atom. The standard InChI is InChI=1S/C17H13BrClNO/c1-11-8-14(18)6-7-16(11)21-10-13-9-12-4-2-3-5-15(12)20-17(13)19/h2-9H,10H2,1H3. The van der Waals surface area contributed by atoms with Gasteiger partial charge < -0.3 is 4.74 Å². The molecule has 0 fully saturated rings. The van der Waals surface area contributed by atoms with E-state index in [9.17, 15) is 0 Å². The average molecular weight is 363 g/mol. The van der Waals surface area contributed by atoms with Crippen LogP contribution in [0.2, 0.25) is 5.15 Å². The second-order valence-corrected chi connectivity index (χ2v) is 6.10. The molecular formula is C17H13BrClNO. The first-order chi connectivity index (χ1) is 10.1. The lowest BCUT2D eigenvalue weighted by molar-refractivity contribution is 0.304. The van der Waals surface area contributed by atoms with Gasteiger partial charge in [-0.15, -0.1) is 0 Å². The van der Waals surface area contributed by atoms with E-state index in [-0.39, 0.29) is 0 Å². The van der Waals surface area contributed by atoms with Crippen LogP contribution in [0.3, 0.4) is 0 Å². The normalized spacial score (nSPS) is 10.8. The predicted octanol–water partition coefficient (Wildman–Crippen LogP) is 5.54. The first kappa shape index (κ1) is 14.4. The Bertz CT molecular complexity index is 804. The summed E-state index contributed by atoms with van der Waals surface area (Å²) in [7, 11) is 0. The van der Waals surface area contributed by atoms with Gasteiger partial charge in [-0.1, -0.05) is 45.7 Å². The molecule has 4 heteroatoms. The van der Waals surface area contributed by atoms with Gasteiger partial charge in [-0.05, 0) is 42.8 Å². The number of hydrogen-bond donors (Lipinski definition) is 0. The fourth-order valence-electron chi connectivity index (χ4n) is 2.17. The van der Waals surface area contributed by atoms with Gasteiger partial charge in [0, 0.05) is 15.4 Å². The summed E-state index contributed by atoms with van der Waals surface area (Å²) >= 11 is 9.68. The van der Waals surface area contributed by atoms with Crippen LogP contribution in [0.5, 0.6) is 5.75 Å². The number of aryl methyl sites for hydroxylation is 1. The zero-order valence-electron chi connectivity index (χ0n) is 11.4. The molecule has 3 aromatic rings. The summed E-state index contributed by atoms with van der Waals surface area (Å²) in [6.07, 6.45) is 0. The highest BCUT2D eigenvalue weighted by Gasteiger charge is 2.07. The van der Waals surface area contributed by atoms with Crippen LogP contribution in [0.15, 0.2) is 53.0 Å². The number of pyridine rings is 1. The van der Waals surface area contributed by atoms with Crippen molar-refractivity contribution >= 4 is 38.4 Å². The summed E-state index contributed by atoms with van der Waals surface area (Å²) in [5, 5.41) is 1.55. The van der Waals surface area contributed by atoms with E-state index in [2.05, 4.69) is 20.9 Å². The topological polar surface area (TPSA) is 22.1 Å². The van der Waals surface area contributed by atoms with Crippen molar-refractivity contribution in [1.29, 1.82) is 0 Å². The third kappa shape index (κ3) is 3.20. The van der Waals surface area contributed by atoms with Crippen molar-refractivity contribution in [3.63, 3.8) is 0 Å². The Labute approximate surface area is 136 Å². The Morgan fingerprint density at radius 3 is 2.76 bits per heavy atom. The minimum Gasteiger partial charge on any atom is -0.489 e. The van der Waals surface area contributed by atoms with Crippen LogP contribution in [0.1, 0.15) is 11.1 Å². The Balaban J connectivity index is 1.86. The maximum atomic E-state index is 6.24. The highest BCUT2D eigenvalue weighted by molar-refractivity contribution is 9.10. The molecule has 0 aliphatic rings. The molecule has 0 aliphatic heterocycles. The molecule has 21 heavy (non-hydrogen) atoms. The minimum atomic E-state index is 0.402. The van der Waals surface area contributed by atoms with Crippen LogP contribution in [0, 0.1) is 6.92 Å². The first-order valence-corrected chi connectivity index (χ1v) is 7.74. The number of para-hydroxylation sites is 1. The molecule has 0 N–H and O–H groups in total. The van der Waals surface area contributed by atoms with Crippen molar-refractivity contribution in [1.82, 2.24) is 4.98 Å². The summed E-state index contributed by atoms with van der Waals surface area (Å²) in [5.74, 6) is 0.849. The number of ether oxygens (including phenoxy) is 1. The molecule has 2 nitrogen and oxygen atoms in total. The molecule has 2 aromatic carbocycles. The molecule has 0 spiro atoms. The van der Waals surface area contributed by atoms with Crippen molar-refractivity contribution in [2.24, 2.45) is 0 Å². The molecule has 0 aliphatic carbocycles. The molecule has 0 amide bonds. The summed E-state index contributed by atoms with van der Waals surface area (Å²) in [6, 6.07) is 15.9. The summed E-state index contributed by atoms with van der Waals surface area (Å²) in [6.45, 7) is 2.42. The summed E-state index contributed by atoms with van der Waals surface area (Å²) < 4.78 is 6.90. The lowest BCUT2D eigenvalue weighted by Crippen LogP contribution is -1.99. The maximum Gasteiger partial charge on any atom is 0.136 e. The van der Waals surface area contributed by atoms with E-state index < -0.39 is 0 Å². The van der Waals surface area contributed by atoms with Crippen LogP contribution in [0.4, 0.5) is 0 Å². The van der Waals surface area contributed by atoms with Gasteiger partial charge in [-0.3, -0.25) is 0 Å². The summed E-state index contributed by atoms with van der Waals surface area (Å²) in [5.41, 5.74) is 2.86. The number of rotatable bonds is 3. The van der Waals surface area contributed by atoms with Crippen molar-refractivity contribution in [3.8, 4) is 5.75 Å². The predicted molar refractivity (Wildman–Crippen MR) is 90.0 cm³/mol. The average Bonchev–Trinajstić information content (AvgIpc) is 2.46. The van der Waals surface area contributed by atoms with E-state index in [0.717, 1.165) is 32.3 Å². The first-order valence-electron chi connectivity index (χ1n) is 6.56. The second kappa shape index (κ2) is 6.04. The van der Waals surface area contributed by atoms with E-state index >= 15 is 0 Å². The fourth-order valence-corrected chi connectivity index (χ4v) is 2.84. The van der Waals surface area contributed by atoms with Crippen molar-refractivity contribution in [2.45, 2.75) is 13.5 Å². The number of aromatic nitrogens is 1. The molecule has 1 heterocycles. The number of nitrogens with zero attached hydrogens (tertiary/aromatic N) is 1. The van der Waals surface area contributed by atoms with Crippen LogP contribution in [-0.4, -0.2) is 4.98 Å². The van der Waals surface area contributed by atoms with E-state index in [1.165, 1.54) is 0 Å². The van der Waals surface area contributed by atoms with Gasteiger partial charge in [0.1, 0.15) is 17.5 Å². The van der Waals surface area contributed by atoms with E-state index in [0.29, 0.717) is 11.8 Å². The highest BCUT2D eigenvalue weighted by atomic mass is 79.9. The molecule has 0 unspecified atom stereocenters. The smallest absolute Gasteiger partial charge is 0.136 e. The van der Waals surface area contributed by atoms with Gasteiger partial charge >= 0.3 is 0 Å².